The second kappa shape index (κ2) is 6.36. The maximum absolute atomic E-state index is 13.1. The first kappa shape index (κ1) is 14.5. The minimum Gasteiger partial charge on any atom is -0.493 e. The summed E-state index contributed by atoms with van der Waals surface area (Å²) in [4.78, 5) is 0. The largest absolute Gasteiger partial charge is 0.493 e. The van der Waals surface area contributed by atoms with Gasteiger partial charge in [0.1, 0.15) is 11.6 Å². The first-order chi connectivity index (χ1) is 7.93. The SMILES string of the molecule is CC(C)(CN)CCCOc1cc(F)cc(Br)c1. The van der Waals surface area contributed by atoms with Crippen molar-refractivity contribution in [2.75, 3.05) is 13.2 Å². The lowest BCUT2D eigenvalue weighted by Gasteiger charge is -2.21. The number of halogens is 2. The van der Waals surface area contributed by atoms with Crippen molar-refractivity contribution >= 4 is 15.9 Å². The van der Waals surface area contributed by atoms with Gasteiger partial charge in [-0.1, -0.05) is 29.8 Å². The molecule has 1 aromatic rings. The van der Waals surface area contributed by atoms with Crippen LogP contribution in [0.25, 0.3) is 0 Å². The van der Waals surface area contributed by atoms with E-state index in [-0.39, 0.29) is 11.2 Å². The minimum absolute atomic E-state index is 0.145. The molecule has 0 amide bonds. The van der Waals surface area contributed by atoms with E-state index >= 15 is 0 Å². The van der Waals surface area contributed by atoms with Gasteiger partial charge in [-0.25, -0.2) is 4.39 Å². The van der Waals surface area contributed by atoms with Crippen LogP contribution in [-0.4, -0.2) is 13.2 Å². The van der Waals surface area contributed by atoms with Crippen LogP contribution in [0.5, 0.6) is 5.75 Å². The number of ether oxygens (including phenoxy) is 1. The molecule has 1 aromatic carbocycles. The van der Waals surface area contributed by atoms with Gasteiger partial charge in [0.15, 0.2) is 0 Å². The van der Waals surface area contributed by atoms with Gasteiger partial charge in [-0.15, -0.1) is 0 Å². The molecule has 17 heavy (non-hydrogen) atoms. The van der Waals surface area contributed by atoms with Crippen LogP contribution in [0.15, 0.2) is 22.7 Å². The van der Waals surface area contributed by atoms with Crippen LogP contribution in [0.3, 0.4) is 0 Å². The molecule has 0 bridgehead atoms. The summed E-state index contributed by atoms with van der Waals surface area (Å²) in [5.74, 6) is 0.263. The van der Waals surface area contributed by atoms with E-state index in [0.29, 0.717) is 23.4 Å². The summed E-state index contributed by atoms with van der Waals surface area (Å²) in [6.45, 7) is 5.51. The van der Waals surface area contributed by atoms with Crippen molar-refractivity contribution in [2.45, 2.75) is 26.7 Å². The fourth-order valence-electron chi connectivity index (χ4n) is 1.45. The van der Waals surface area contributed by atoms with Crippen molar-refractivity contribution in [1.29, 1.82) is 0 Å². The molecule has 4 heteroatoms. The van der Waals surface area contributed by atoms with Gasteiger partial charge in [0.05, 0.1) is 6.61 Å². The van der Waals surface area contributed by atoms with E-state index in [0.717, 1.165) is 12.8 Å². The minimum atomic E-state index is -0.295. The molecular weight excluding hydrogens is 285 g/mol. The molecule has 0 aliphatic heterocycles. The van der Waals surface area contributed by atoms with Crippen molar-refractivity contribution in [3.8, 4) is 5.75 Å². The molecule has 0 aromatic heterocycles. The number of rotatable bonds is 6. The van der Waals surface area contributed by atoms with E-state index in [1.807, 2.05) is 0 Å². The molecule has 0 spiro atoms. The van der Waals surface area contributed by atoms with Crippen LogP contribution in [-0.2, 0) is 0 Å². The predicted octanol–water partition coefficient (Wildman–Crippen LogP) is 3.73. The predicted molar refractivity (Wildman–Crippen MR) is 71.7 cm³/mol. The zero-order chi connectivity index (χ0) is 12.9. The van der Waals surface area contributed by atoms with E-state index in [9.17, 15) is 4.39 Å². The van der Waals surface area contributed by atoms with Crippen LogP contribution in [0.4, 0.5) is 4.39 Å². The van der Waals surface area contributed by atoms with E-state index in [1.54, 1.807) is 6.07 Å². The smallest absolute Gasteiger partial charge is 0.128 e. The van der Waals surface area contributed by atoms with Crippen LogP contribution < -0.4 is 10.5 Å². The Balaban J connectivity index is 2.36. The highest BCUT2D eigenvalue weighted by Gasteiger charge is 2.14. The van der Waals surface area contributed by atoms with Gasteiger partial charge in [-0.2, -0.15) is 0 Å². The Hall–Kier alpha value is -0.610. The Morgan fingerprint density at radius 3 is 2.65 bits per heavy atom. The number of hydrogen-bond acceptors (Lipinski definition) is 2. The van der Waals surface area contributed by atoms with Crippen molar-refractivity contribution in [2.24, 2.45) is 11.1 Å². The molecule has 0 saturated carbocycles. The highest BCUT2D eigenvalue weighted by Crippen LogP contribution is 2.23. The summed E-state index contributed by atoms with van der Waals surface area (Å²) >= 11 is 3.23. The average molecular weight is 304 g/mol. The van der Waals surface area contributed by atoms with Crippen molar-refractivity contribution in [3.05, 3.63) is 28.5 Å². The average Bonchev–Trinajstić information content (AvgIpc) is 2.23. The van der Waals surface area contributed by atoms with Gasteiger partial charge in [-0.05, 0) is 36.9 Å². The van der Waals surface area contributed by atoms with Crippen LogP contribution in [0.2, 0.25) is 0 Å². The van der Waals surface area contributed by atoms with Gasteiger partial charge in [0, 0.05) is 10.5 Å². The molecule has 0 aliphatic rings. The lowest BCUT2D eigenvalue weighted by atomic mass is 9.88. The highest BCUT2D eigenvalue weighted by molar-refractivity contribution is 9.10. The zero-order valence-corrected chi connectivity index (χ0v) is 11.9. The zero-order valence-electron chi connectivity index (χ0n) is 10.3. The Labute approximate surface area is 110 Å². The van der Waals surface area contributed by atoms with E-state index < -0.39 is 0 Å². The molecule has 0 atom stereocenters. The molecule has 0 saturated heterocycles. The summed E-state index contributed by atoms with van der Waals surface area (Å²) in [5.41, 5.74) is 5.79. The van der Waals surface area contributed by atoms with Crippen molar-refractivity contribution in [1.82, 2.24) is 0 Å². The van der Waals surface area contributed by atoms with Gasteiger partial charge in [-0.3, -0.25) is 0 Å². The normalized spacial score (nSPS) is 11.6. The molecule has 1 rings (SSSR count). The van der Waals surface area contributed by atoms with Crippen molar-refractivity contribution < 1.29 is 9.13 Å². The Morgan fingerprint density at radius 2 is 2.06 bits per heavy atom. The molecule has 2 N–H and O–H groups in total. The summed E-state index contributed by atoms with van der Waals surface area (Å²) < 4.78 is 19.2. The Kier molecular flexibility index (Phi) is 5.40. The first-order valence-corrected chi connectivity index (χ1v) is 6.51. The maximum Gasteiger partial charge on any atom is 0.128 e. The monoisotopic (exact) mass is 303 g/mol. The third kappa shape index (κ3) is 5.50. The van der Waals surface area contributed by atoms with Gasteiger partial charge in [0.25, 0.3) is 0 Å². The third-order valence-electron chi connectivity index (χ3n) is 2.66. The van der Waals surface area contributed by atoms with Gasteiger partial charge >= 0.3 is 0 Å². The quantitative estimate of drug-likeness (QED) is 0.813. The fraction of sp³-hybridized carbons (Fsp3) is 0.538. The lowest BCUT2D eigenvalue weighted by Crippen LogP contribution is -2.23. The second-order valence-corrected chi connectivity index (χ2v) is 5.84. The van der Waals surface area contributed by atoms with Crippen molar-refractivity contribution in [3.63, 3.8) is 0 Å². The van der Waals surface area contributed by atoms with E-state index in [4.69, 9.17) is 10.5 Å². The number of nitrogens with two attached hydrogens (primary N) is 1. The standard InChI is InChI=1S/C13H19BrFNO/c1-13(2,9-16)4-3-5-17-12-7-10(14)6-11(15)8-12/h6-8H,3-5,9,16H2,1-2H3. The molecule has 0 fully saturated rings. The number of benzene rings is 1. The lowest BCUT2D eigenvalue weighted by molar-refractivity contribution is 0.260. The van der Waals surface area contributed by atoms with Crippen LogP contribution in [0, 0.1) is 11.2 Å². The fourth-order valence-corrected chi connectivity index (χ4v) is 1.90. The van der Waals surface area contributed by atoms with Crippen LogP contribution >= 0.6 is 15.9 Å². The number of hydrogen-bond donors (Lipinski definition) is 1. The summed E-state index contributed by atoms with van der Waals surface area (Å²) in [7, 11) is 0. The van der Waals surface area contributed by atoms with Gasteiger partial charge < -0.3 is 10.5 Å². The molecule has 0 unspecified atom stereocenters. The van der Waals surface area contributed by atoms with E-state index in [2.05, 4.69) is 29.8 Å². The third-order valence-corrected chi connectivity index (χ3v) is 3.11. The maximum atomic E-state index is 13.1. The molecular formula is C13H19BrFNO. The molecule has 0 heterocycles. The van der Waals surface area contributed by atoms with Gasteiger partial charge in [0.2, 0.25) is 0 Å². The Morgan fingerprint density at radius 1 is 1.35 bits per heavy atom. The summed E-state index contributed by atoms with van der Waals surface area (Å²) in [6, 6.07) is 4.56. The Bertz CT molecular complexity index is 348. The first-order valence-electron chi connectivity index (χ1n) is 5.72. The second-order valence-electron chi connectivity index (χ2n) is 4.93. The molecule has 0 aliphatic carbocycles. The van der Waals surface area contributed by atoms with E-state index in [1.165, 1.54) is 12.1 Å². The van der Waals surface area contributed by atoms with Crippen LogP contribution in [0.1, 0.15) is 26.7 Å². The topological polar surface area (TPSA) is 35.2 Å². The molecule has 2 nitrogen and oxygen atoms in total. The summed E-state index contributed by atoms with van der Waals surface area (Å²) in [6.07, 6.45) is 1.91. The molecule has 0 radical (unpaired) electrons. The highest BCUT2D eigenvalue weighted by atomic mass is 79.9. The molecule has 96 valence electrons. The summed E-state index contributed by atoms with van der Waals surface area (Å²) in [5, 5.41) is 0.